The highest BCUT2D eigenvalue weighted by atomic mass is 16.5. The molecule has 7 nitrogen and oxygen atoms in total. The van der Waals surface area contributed by atoms with E-state index in [1.165, 1.54) is 26.9 Å². The Labute approximate surface area is 183 Å². The van der Waals surface area contributed by atoms with E-state index < -0.39 is 12.1 Å². The molecule has 0 bridgehead atoms. The van der Waals surface area contributed by atoms with E-state index in [2.05, 4.69) is 17.4 Å². The number of nitrogens with one attached hydrogen (secondary N) is 1. The molecule has 7 heteroatoms. The molecule has 0 aromatic heterocycles. The zero-order chi connectivity index (χ0) is 22.8. The normalized spacial score (nSPS) is 12.4. The average Bonchev–Trinajstić information content (AvgIpc) is 2.77. The molecular formula is C24H31NO6. The van der Waals surface area contributed by atoms with Crippen molar-refractivity contribution >= 4 is 11.9 Å². The van der Waals surface area contributed by atoms with Crippen molar-refractivity contribution in [3.8, 4) is 17.2 Å². The molecule has 2 atom stereocenters. The highest BCUT2D eigenvalue weighted by molar-refractivity contribution is 5.84. The van der Waals surface area contributed by atoms with Crippen LogP contribution in [0.3, 0.4) is 0 Å². The molecule has 0 saturated heterocycles. The molecule has 2 aromatic rings. The first-order valence-corrected chi connectivity index (χ1v) is 10.2. The van der Waals surface area contributed by atoms with Gasteiger partial charge >= 0.3 is 5.97 Å². The van der Waals surface area contributed by atoms with Gasteiger partial charge in [0.05, 0.1) is 27.8 Å². The van der Waals surface area contributed by atoms with Crippen molar-refractivity contribution in [2.45, 2.75) is 45.3 Å². The Hall–Kier alpha value is -3.22. The predicted molar refractivity (Wildman–Crippen MR) is 118 cm³/mol. The van der Waals surface area contributed by atoms with Gasteiger partial charge in [-0.15, -0.1) is 0 Å². The largest absolute Gasteiger partial charge is 0.493 e. The first kappa shape index (κ1) is 24.1. The molecule has 0 radical (unpaired) electrons. The lowest BCUT2D eigenvalue weighted by molar-refractivity contribution is -0.154. The van der Waals surface area contributed by atoms with Gasteiger partial charge in [-0.25, -0.2) is 0 Å². The third-order valence-electron chi connectivity index (χ3n) is 4.85. The lowest BCUT2D eigenvalue weighted by Crippen LogP contribution is -2.41. The van der Waals surface area contributed by atoms with Crippen LogP contribution >= 0.6 is 0 Å². The molecule has 0 fully saturated rings. The summed E-state index contributed by atoms with van der Waals surface area (Å²) in [5, 5.41) is 2.90. The van der Waals surface area contributed by atoms with Crippen LogP contribution in [0, 0.1) is 0 Å². The van der Waals surface area contributed by atoms with Gasteiger partial charge in [0.25, 0.3) is 5.91 Å². The number of carbonyl (C=O) groups excluding carboxylic acids is 2. The zero-order valence-electron chi connectivity index (χ0n) is 18.8. The van der Waals surface area contributed by atoms with Gasteiger partial charge in [-0.05, 0) is 49.9 Å². The fraction of sp³-hybridized carbons (Fsp3) is 0.417. The Morgan fingerprint density at radius 3 is 2.06 bits per heavy atom. The second kappa shape index (κ2) is 11.8. The molecule has 31 heavy (non-hydrogen) atoms. The van der Waals surface area contributed by atoms with Crippen LogP contribution in [0.4, 0.5) is 0 Å². The van der Waals surface area contributed by atoms with Gasteiger partial charge in [-0.2, -0.15) is 0 Å². The number of benzene rings is 2. The highest BCUT2D eigenvalue weighted by Crippen LogP contribution is 2.38. The SMILES string of the molecule is COc1cc(CC(=O)O[C@@H](C)C(=O)N[C@H](C)CCc2ccccc2)cc(OC)c1OC. The van der Waals surface area contributed by atoms with Gasteiger partial charge in [0.2, 0.25) is 5.75 Å². The second-order valence-corrected chi connectivity index (χ2v) is 7.28. The van der Waals surface area contributed by atoms with Crippen LogP contribution in [0.25, 0.3) is 0 Å². The van der Waals surface area contributed by atoms with Crippen LogP contribution < -0.4 is 19.5 Å². The Kier molecular flexibility index (Phi) is 9.18. The van der Waals surface area contributed by atoms with Crippen molar-refractivity contribution in [1.82, 2.24) is 5.32 Å². The number of amides is 1. The van der Waals surface area contributed by atoms with E-state index in [-0.39, 0.29) is 18.4 Å². The van der Waals surface area contributed by atoms with Crippen LogP contribution in [0.15, 0.2) is 42.5 Å². The van der Waals surface area contributed by atoms with E-state index in [1.54, 1.807) is 19.1 Å². The van der Waals surface area contributed by atoms with E-state index in [0.717, 1.165) is 12.8 Å². The Balaban J connectivity index is 1.87. The summed E-state index contributed by atoms with van der Waals surface area (Å²) < 4.78 is 21.2. The summed E-state index contributed by atoms with van der Waals surface area (Å²) in [7, 11) is 4.52. The third kappa shape index (κ3) is 7.20. The van der Waals surface area contributed by atoms with Gasteiger partial charge in [0.1, 0.15) is 0 Å². The standard InChI is InChI=1S/C24H31NO6/c1-16(11-12-18-9-7-6-8-10-18)25-24(27)17(2)31-22(26)15-19-13-20(28-3)23(30-5)21(14-19)29-4/h6-10,13-14,16-17H,11-12,15H2,1-5H3,(H,25,27)/t16-,17+/m1/s1. The summed E-state index contributed by atoms with van der Waals surface area (Å²) in [6.07, 6.45) is 0.728. The van der Waals surface area contributed by atoms with Gasteiger partial charge in [0, 0.05) is 6.04 Å². The number of rotatable bonds is 11. The van der Waals surface area contributed by atoms with Crippen molar-refractivity contribution in [1.29, 1.82) is 0 Å². The molecular weight excluding hydrogens is 398 g/mol. The first-order chi connectivity index (χ1) is 14.9. The number of carbonyl (C=O) groups is 2. The fourth-order valence-electron chi connectivity index (χ4n) is 3.16. The number of methoxy groups -OCH3 is 3. The summed E-state index contributed by atoms with van der Waals surface area (Å²) in [6, 6.07) is 13.4. The van der Waals surface area contributed by atoms with E-state index in [9.17, 15) is 9.59 Å². The Morgan fingerprint density at radius 2 is 1.52 bits per heavy atom. The minimum absolute atomic E-state index is 0.0299. The first-order valence-electron chi connectivity index (χ1n) is 10.2. The monoisotopic (exact) mass is 429 g/mol. The number of hydrogen-bond donors (Lipinski definition) is 1. The molecule has 1 amide bonds. The maximum atomic E-state index is 12.4. The molecule has 0 heterocycles. The average molecular weight is 430 g/mol. The third-order valence-corrected chi connectivity index (χ3v) is 4.85. The molecule has 168 valence electrons. The summed E-state index contributed by atoms with van der Waals surface area (Å²) in [6.45, 7) is 3.50. The number of ether oxygens (including phenoxy) is 4. The number of hydrogen-bond acceptors (Lipinski definition) is 6. The molecule has 2 rings (SSSR count). The van der Waals surface area contributed by atoms with Gasteiger partial charge in [-0.3, -0.25) is 9.59 Å². The predicted octanol–water partition coefficient (Wildman–Crippen LogP) is 3.32. The van der Waals surface area contributed by atoms with Crippen LogP contribution in [-0.2, 0) is 27.2 Å². The smallest absolute Gasteiger partial charge is 0.311 e. The molecule has 0 aliphatic rings. The maximum Gasteiger partial charge on any atom is 0.311 e. The van der Waals surface area contributed by atoms with E-state index in [1.807, 2.05) is 25.1 Å². The van der Waals surface area contributed by atoms with Crippen molar-refractivity contribution in [2.75, 3.05) is 21.3 Å². The van der Waals surface area contributed by atoms with Crippen LogP contribution in [0.2, 0.25) is 0 Å². The van der Waals surface area contributed by atoms with Crippen LogP contribution in [0.1, 0.15) is 31.4 Å². The number of esters is 1. The highest BCUT2D eigenvalue weighted by Gasteiger charge is 2.21. The van der Waals surface area contributed by atoms with Gasteiger partial charge in [0.15, 0.2) is 17.6 Å². The number of aryl methyl sites for hydroxylation is 1. The van der Waals surface area contributed by atoms with Crippen molar-refractivity contribution in [2.24, 2.45) is 0 Å². The summed E-state index contributed by atoms with van der Waals surface area (Å²) >= 11 is 0. The lowest BCUT2D eigenvalue weighted by Gasteiger charge is -2.18. The molecule has 0 aliphatic heterocycles. The van der Waals surface area contributed by atoms with Gasteiger partial charge in [-0.1, -0.05) is 30.3 Å². The van der Waals surface area contributed by atoms with Gasteiger partial charge < -0.3 is 24.3 Å². The van der Waals surface area contributed by atoms with Crippen LogP contribution in [0.5, 0.6) is 17.2 Å². The molecule has 0 unspecified atom stereocenters. The maximum absolute atomic E-state index is 12.4. The summed E-state index contributed by atoms with van der Waals surface area (Å²) in [5.41, 5.74) is 1.84. The minimum Gasteiger partial charge on any atom is -0.493 e. The van der Waals surface area contributed by atoms with E-state index >= 15 is 0 Å². The fourth-order valence-corrected chi connectivity index (χ4v) is 3.16. The molecule has 2 aromatic carbocycles. The van der Waals surface area contributed by atoms with E-state index in [0.29, 0.717) is 22.8 Å². The topological polar surface area (TPSA) is 83.1 Å². The summed E-state index contributed by atoms with van der Waals surface area (Å²) in [4.78, 5) is 24.8. The molecule has 0 aliphatic carbocycles. The second-order valence-electron chi connectivity index (χ2n) is 7.28. The van der Waals surface area contributed by atoms with Crippen molar-refractivity contribution in [3.63, 3.8) is 0 Å². The Morgan fingerprint density at radius 1 is 0.903 bits per heavy atom. The lowest BCUT2D eigenvalue weighted by atomic mass is 10.1. The Bertz CT molecular complexity index is 843. The molecule has 1 N–H and O–H groups in total. The summed E-state index contributed by atoms with van der Waals surface area (Å²) in [5.74, 6) is 0.498. The zero-order valence-corrected chi connectivity index (χ0v) is 18.8. The van der Waals surface area contributed by atoms with Crippen molar-refractivity contribution < 1.29 is 28.5 Å². The van der Waals surface area contributed by atoms with E-state index in [4.69, 9.17) is 18.9 Å². The quantitative estimate of drug-likeness (QED) is 0.552. The van der Waals surface area contributed by atoms with Crippen molar-refractivity contribution in [3.05, 3.63) is 53.6 Å². The van der Waals surface area contributed by atoms with Crippen LogP contribution in [-0.4, -0.2) is 45.4 Å². The molecule has 0 spiro atoms. The molecule has 0 saturated carbocycles. The minimum atomic E-state index is -0.895.